The van der Waals surface area contributed by atoms with E-state index in [0.717, 1.165) is 5.92 Å². The summed E-state index contributed by atoms with van der Waals surface area (Å²) in [7, 11) is 0. The highest BCUT2D eigenvalue weighted by atomic mass is 14.1. The average Bonchev–Trinajstić information content (AvgIpc) is 1.88. The van der Waals surface area contributed by atoms with Gasteiger partial charge in [0, 0.05) is 0 Å². The van der Waals surface area contributed by atoms with Crippen molar-refractivity contribution in [3.05, 3.63) is 11.1 Å². The number of rotatable bonds is 3. The van der Waals surface area contributed by atoms with Gasteiger partial charge in [0.15, 0.2) is 0 Å². The molecule has 0 aliphatic heterocycles. The van der Waals surface area contributed by atoms with Crippen LogP contribution in [0.2, 0.25) is 0 Å². The van der Waals surface area contributed by atoms with Gasteiger partial charge in [-0.15, -0.1) is 0 Å². The van der Waals surface area contributed by atoms with Gasteiger partial charge in [0.25, 0.3) is 0 Å². The molecule has 0 aromatic carbocycles. The third kappa shape index (κ3) is 2.55. The molecule has 0 aromatic rings. The monoisotopic (exact) mass is 140 g/mol. The highest BCUT2D eigenvalue weighted by Crippen LogP contribution is 2.19. The smallest absolute Gasteiger partial charge is 0.0258 e. The lowest BCUT2D eigenvalue weighted by Gasteiger charge is -2.12. The summed E-state index contributed by atoms with van der Waals surface area (Å²) < 4.78 is 0. The van der Waals surface area contributed by atoms with Crippen molar-refractivity contribution in [2.24, 2.45) is 5.92 Å². The van der Waals surface area contributed by atoms with Gasteiger partial charge >= 0.3 is 0 Å². The van der Waals surface area contributed by atoms with Crippen molar-refractivity contribution in [3.63, 3.8) is 0 Å². The molecule has 0 atom stereocenters. The van der Waals surface area contributed by atoms with Crippen LogP contribution < -0.4 is 0 Å². The summed E-state index contributed by atoms with van der Waals surface area (Å²) in [4.78, 5) is 0. The van der Waals surface area contributed by atoms with E-state index in [0.29, 0.717) is 0 Å². The van der Waals surface area contributed by atoms with Gasteiger partial charge in [-0.3, -0.25) is 0 Å². The van der Waals surface area contributed by atoms with E-state index in [1.54, 1.807) is 11.1 Å². The molecule has 0 amide bonds. The molecule has 10 heavy (non-hydrogen) atoms. The summed E-state index contributed by atoms with van der Waals surface area (Å²) in [6.45, 7) is 11.3. The van der Waals surface area contributed by atoms with Crippen LogP contribution in [0.1, 0.15) is 47.5 Å². The summed E-state index contributed by atoms with van der Waals surface area (Å²) in [5.74, 6) is 0.741. The lowest BCUT2D eigenvalue weighted by molar-refractivity contribution is 0.711. The minimum atomic E-state index is 0.741. The van der Waals surface area contributed by atoms with Gasteiger partial charge in [-0.25, -0.2) is 0 Å². The first-order valence-corrected chi connectivity index (χ1v) is 4.31. The van der Waals surface area contributed by atoms with E-state index >= 15 is 0 Å². The van der Waals surface area contributed by atoms with E-state index in [9.17, 15) is 0 Å². The van der Waals surface area contributed by atoms with Gasteiger partial charge in [0.1, 0.15) is 0 Å². The topological polar surface area (TPSA) is 0 Å². The van der Waals surface area contributed by atoms with Crippen LogP contribution in [-0.2, 0) is 0 Å². The normalized spacial score (nSPS) is 13.8. The first-order chi connectivity index (χ1) is 4.63. The molecule has 0 heteroatoms. The molecule has 0 heterocycles. The van der Waals surface area contributed by atoms with Crippen molar-refractivity contribution in [1.82, 2.24) is 0 Å². The Bertz CT molecular complexity index is 118. The lowest BCUT2D eigenvalue weighted by Crippen LogP contribution is -1.95. The Morgan fingerprint density at radius 3 is 1.70 bits per heavy atom. The Morgan fingerprint density at radius 2 is 1.60 bits per heavy atom. The summed E-state index contributed by atoms with van der Waals surface area (Å²) >= 11 is 0. The molecule has 0 bridgehead atoms. The quantitative estimate of drug-likeness (QED) is 0.523. The fraction of sp³-hybridized carbons (Fsp3) is 0.800. The average molecular weight is 140 g/mol. The zero-order chi connectivity index (χ0) is 8.15. The summed E-state index contributed by atoms with van der Waals surface area (Å²) in [6.07, 6.45) is 2.43. The van der Waals surface area contributed by atoms with Crippen LogP contribution in [-0.4, -0.2) is 0 Å². The van der Waals surface area contributed by atoms with E-state index in [2.05, 4.69) is 34.6 Å². The predicted molar refractivity (Wildman–Crippen MR) is 48.1 cm³/mol. The van der Waals surface area contributed by atoms with Crippen molar-refractivity contribution in [2.75, 3.05) is 0 Å². The van der Waals surface area contributed by atoms with Crippen molar-refractivity contribution in [2.45, 2.75) is 47.5 Å². The molecule has 0 aliphatic carbocycles. The van der Waals surface area contributed by atoms with Crippen molar-refractivity contribution >= 4 is 0 Å². The second kappa shape index (κ2) is 4.54. The highest BCUT2D eigenvalue weighted by molar-refractivity contribution is 5.13. The van der Waals surface area contributed by atoms with Crippen LogP contribution in [0.3, 0.4) is 0 Å². The van der Waals surface area contributed by atoms with Crippen molar-refractivity contribution in [3.8, 4) is 0 Å². The zero-order valence-corrected chi connectivity index (χ0v) is 7.99. The number of allylic oxidation sites excluding steroid dienone is 2. The van der Waals surface area contributed by atoms with Crippen LogP contribution in [0.4, 0.5) is 0 Å². The van der Waals surface area contributed by atoms with E-state index < -0.39 is 0 Å². The van der Waals surface area contributed by atoms with E-state index in [4.69, 9.17) is 0 Å². The van der Waals surface area contributed by atoms with Gasteiger partial charge in [0.2, 0.25) is 0 Å². The lowest BCUT2D eigenvalue weighted by atomic mass is 9.95. The van der Waals surface area contributed by atoms with Crippen LogP contribution in [0.15, 0.2) is 11.1 Å². The van der Waals surface area contributed by atoms with E-state index in [1.165, 1.54) is 12.8 Å². The largest absolute Gasteiger partial charge is 0.0741 e. The molecule has 0 aromatic heterocycles. The molecule has 0 fully saturated rings. The second-order valence-electron chi connectivity index (χ2n) is 3.17. The standard InChI is InChI=1S/C10H20/c1-6-9(5)10(7-2)8(3)4/h8H,6-7H2,1-5H3. The maximum absolute atomic E-state index is 2.28. The molecular formula is C10H20. The van der Waals surface area contributed by atoms with Crippen molar-refractivity contribution < 1.29 is 0 Å². The minimum absolute atomic E-state index is 0.741. The predicted octanol–water partition coefficient (Wildman–Crippen LogP) is 3.78. The number of hydrogen-bond donors (Lipinski definition) is 0. The van der Waals surface area contributed by atoms with E-state index in [-0.39, 0.29) is 0 Å². The second-order valence-corrected chi connectivity index (χ2v) is 3.17. The molecule has 0 radical (unpaired) electrons. The van der Waals surface area contributed by atoms with Gasteiger partial charge < -0.3 is 0 Å². The van der Waals surface area contributed by atoms with Crippen LogP contribution >= 0.6 is 0 Å². The first-order valence-electron chi connectivity index (χ1n) is 4.31. The SMILES string of the molecule is CCC(C)=C(CC)C(C)C. The molecule has 0 rings (SSSR count). The van der Waals surface area contributed by atoms with Gasteiger partial charge in [0.05, 0.1) is 0 Å². The summed E-state index contributed by atoms with van der Waals surface area (Å²) in [5, 5.41) is 0. The van der Waals surface area contributed by atoms with Gasteiger partial charge in [-0.2, -0.15) is 0 Å². The van der Waals surface area contributed by atoms with Crippen LogP contribution in [0, 0.1) is 5.92 Å². The van der Waals surface area contributed by atoms with Crippen LogP contribution in [0.5, 0.6) is 0 Å². The summed E-state index contributed by atoms with van der Waals surface area (Å²) in [6, 6.07) is 0. The van der Waals surface area contributed by atoms with Crippen LogP contribution in [0.25, 0.3) is 0 Å². The molecule has 0 unspecified atom stereocenters. The summed E-state index contributed by atoms with van der Waals surface area (Å²) in [5.41, 5.74) is 3.22. The molecule has 0 saturated heterocycles. The van der Waals surface area contributed by atoms with Gasteiger partial charge in [-0.05, 0) is 25.7 Å². The molecule has 0 aliphatic rings. The molecular weight excluding hydrogens is 120 g/mol. The zero-order valence-electron chi connectivity index (χ0n) is 7.99. The van der Waals surface area contributed by atoms with Gasteiger partial charge in [-0.1, -0.05) is 38.8 Å². The third-order valence-electron chi connectivity index (χ3n) is 2.16. The Kier molecular flexibility index (Phi) is 4.42. The van der Waals surface area contributed by atoms with E-state index in [1.807, 2.05) is 0 Å². The maximum Gasteiger partial charge on any atom is -0.0258 e. The Hall–Kier alpha value is -0.260. The fourth-order valence-electron chi connectivity index (χ4n) is 1.43. The molecule has 60 valence electrons. The molecule has 0 spiro atoms. The fourth-order valence-corrected chi connectivity index (χ4v) is 1.43. The Morgan fingerprint density at radius 1 is 1.10 bits per heavy atom. The number of hydrogen-bond acceptors (Lipinski definition) is 0. The first kappa shape index (κ1) is 9.74. The highest BCUT2D eigenvalue weighted by Gasteiger charge is 2.02. The Labute approximate surface area is 65.3 Å². The third-order valence-corrected chi connectivity index (χ3v) is 2.16. The minimum Gasteiger partial charge on any atom is -0.0741 e. The van der Waals surface area contributed by atoms with Crippen molar-refractivity contribution in [1.29, 1.82) is 0 Å². The molecule has 0 nitrogen and oxygen atoms in total. The molecule has 0 saturated carbocycles. The molecule has 0 N–H and O–H groups in total. The Balaban J connectivity index is 4.29. The maximum atomic E-state index is 2.28.